The zero-order chi connectivity index (χ0) is 16.0. The van der Waals surface area contributed by atoms with Crippen LogP contribution in [0.25, 0.3) is 0 Å². The highest BCUT2D eigenvalue weighted by molar-refractivity contribution is 5.89. The number of carbonyl (C=O) groups excluding carboxylic acids is 2. The van der Waals surface area contributed by atoms with Crippen molar-refractivity contribution in [1.29, 1.82) is 0 Å². The van der Waals surface area contributed by atoms with E-state index in [2.05, 4.69) is 0 Å². The van der Waals surface area contributed by atoms with Gasteiger partial charge < -0.3 is 14.2 Å². The molecule has 0 aromatic heterocycles. The number of benzene rings is 1. The minimum absolute atomic E-state index is 0.298. The quantitative estimate of drug-likeness (QED) is 0.458. The van der Waals surface area contributed by atoms with Crippen molar-refractivity contribution in [3.05, 3.63) is 29.8 Å². The van der Waals surface area contributed by atoms with E-state index in [9.17, 15) is 9.59 Å². The molecule has 1 aromatic rings. The summed E-state index contributed by atoms with van der Waals surface area (Å²) in [6.45, 7) is 7.21. The predicted molar refractivity (Wildman–Crippen MR) is 78.0 cm³/mol. The molecule has 0 N–H and O–H groups in total. The van der Waals surface area contributed by atoms with Crippen molar-refractivity contribution >= 4 is 11.9 Å². The van der Waals surface area contributed by atoms with Gasteiger partial charge in [0.2, 0.25) is 0 Å². The van der Waals surface area contributed by atoms with Crippen LogP contribution in [-0.4, -0.2) is 25.3 Å². The first kappa shape index (κ1) is 17.2. The fraction of sp³-hybridized carbons (Fsp3) is 0.500. The van der Waals surface area contributed by atoms with Crippen LogP contribution in [0.4, 0.5) is 0 Å². The summed E-state index contributed by atoms with van der Waals surface area (Å²) in [5.74, 6) is -0.387. The third kappa shape index (κ3) is 4.86. The SMILES string of the molecule is CCC(C)(C)C(=O)Oc1ccc(C(=O)OC(C)OC)cc1. The number of ether oxygens (including phenoxy) is 3. The van der Waals surface area contributed by atoms with E-state index in [0.29, 0.717) is 17.7 Å². The first-order valence-electron chi connectivity index (χ1n) is 6.86. The molecule has 0 aliphatic rings. The summed E-state index contributed by atoms with van der Waals surface area (Å²) in [6.07, 6.45) is 0.0749. The van der Waals surface area contributed by atoms with Crippen LogP contribution in [0.1, 0.15) is 44.5 Å². The van der Waals surface area contributed by atoms with Crippen molar-refractivity contribution in [2.45, 2.75) is 40.4 Å². The highest BCUT2D eigenvalue weighted by Gasteiger charge is 2.27. The molecule has 1 atom stereocenters. The maximum absolute atomic E-state index is 11.9. The standard InChI is InChI=1S/C16H22O5/c1-6-16(3,4)15(18)21-13-9-7-12(8-10-13)14(17)20-11(2)19-5/h7-11H,6H2,1-5H3. The van der Waals surface area contributed by atoms with Gasteiger partial charge in [0.25, 0.3) is 0 Å². The van der Waals surface area contributed by atoms with Crippen molar-refractivity contribution in [3.8, 4) is 5.75 Å². The van der Waals surface area contributed by atoms with Crippen LogP contribution >= 0.6 is 0 Å². The van der Waals surface area contributed by atoms with Gasteiger partial charge >= 0.3 is 11.9 Å². The van der Waals surface area contributed by atoms with Crippen LogP contribution in [0.3, 0.4) is 0 Å². The first-order chi connectivity index (χ1) is 9.80. The van der Waals surface area contributed by atoms with Gasteiger partial charge in [0, 0.05) is 7.11 Å². The van der Waals surface area contributed by atoms with Crippen LogP contribution in [0.2, 0.25) is 0 Å². The monoisotopic (exact) mass is 294 g/mol. The lowest BCUT2D eigenvalue weighted by atomic mass is 9.91. The Kier molecular flexibility index (Phi) is 5.90. The maximum Gasteiger partial charge on any atom is 0.340 e. The van der Waals surface area contributed by atoms with Gasteiger partial charge in [-0.2, -0.15) is 0 Å². The van der Waals surface area contributed by atoms with Gasteiger partial charge in [-0.15, -0.1) is 0 Å². The normalized spacial score (nSPS) is 12.6. The molecule has 0 heterocycles. The molecular formula is C16H22O5. The molecule has 0 aliphatic carbocycles. The van der Waals surface area contributed by atoms with Crippen molar-refractivity contribution in [1.82, 2.24) is 0 Å². The molecule has 1 aromatic carbocycles. The van der Waals surface area contributed by atoms with Gasteiger partial charge in [-0.1, -0.05) is 6.92 Å². The zero-order valence-electron chi connectivity index (χ0n) is 13.1. The van der Waals surface area contributed by atoms with Crippen molar-refractivity contribution in [2.75, 3.05) is 7.11 Å². The lowest BCUT2D eigenvalue weighted by molar-refractivity contribution is -0.144. The summed E-state index contributed by atoms with van der Waals surface area (Å²) in [6, 6.07) is 6.23. The van der Waals surface area contributed by atoms with Gasteiger partial charge in [0.15, 0.2) is 6.29 Å². The molecule has 1 unspecified atom stereocenters. The smallest absolute Gasteiger partial charge is 0.340 e. The Morgan fingerprint density at radius 1 is 1.19 bits per heavy atom. The Morgan fingerprint density at radius 2 is 1.76 bits per heavy atom. The molecule has 116 valence electrons. The molecule has 5 nitrogen and oxygen atoms in total. The Balaban J connectivity index is 2.70. The van der Waals surface area contributed by atoms with Crippen LogP contribution in [0, 0.1) is 5.41 Å². The average Bonchev–Trinajstić information content (AvgIpc) is 2.47. The number of esters is 2. The Labute approximate surface area is 125 Å². The minimum atomic E-state index is -0.611. The molecule has 0 fully saturated rings. The van der Waals surface area contributed by atoms with Crippen molar-refractivity contribution < 1.29 is 23.8 Å². The molecule has 0 saturated heterocycles. The molecule has 0 spiro atoms. The summed E-state index contributed by atoms with van der Waals surface area (Å²) in [5, 5.41) is 0. The Hall–Kier alpha value is -1.88. The average molecular weight is 294 g/mol. The van der Waals surface area contributed by atoms with E-state index in [0.717, 1.165) is 0 Å². The van der Waals surface area contributed by atoms with E-state index in [4.69, 9.17) is 14.2 Å². The van der Waals surface area contributed by atoms with E-state index in [1.54, 1.807) is 31.2 Å². The van der Waals surface area contributed by atoms with Gasteiger partial charge in [-0.3, -0.25) is 4.79 Å². The van der Waals surface area contributed by atoms with E-state index in [-0.39, 0.29) is 5.97 Å². The molecule has 5 heteroatoms. The zero-order valence-corrected chi connectivity index (χ0v) is 13.1. The van der Waals surface area contributed by atoms with E-state index < -0.39 is 17.7 Å². The van der Waals surface area contributed by atoms with Crippen molar-refractivity contribution in [3.63, 3.8) is 0 Å². The van der Waals surface area contributed by atoms with Gasteiger partial charge in [0.05, 0.1) is 11.0 Å². The second-order valence-corrected chi connectivity index (χ2v) is 5.36. The van der Waals surface area contributed by atoms with Gasteiger partial charge in [-0.05, 0) is 51.5 Å². The van der Waals surface area contributed by atoms with Crippen LogP contribution in [0.15, 0.2) is 24.3 Å². The summed E-state index contributed by atoms with van der Waals surface area (Å²) in [5.41, 5.74) is -0.167. The molecule has 0 aliphatic heterocycles. The topological polar surface area (TPSA) is 61.8 Å². The van der Waals surface area contributed by atoms with E-state index in [1.807, 2.05) is 20.8 Å². The van der Waals surface area contributed by atoms with E-state index >= 15 is 0 Å². The fourth-order valence-corrected chi connectivity index (χ4v) is 1.32. The molecule has 0 amide bonds. The summed E-state index contributed by atoms with van der Waals surface area (Å²) in [7, 11) is 1.45. The largest absolute Gasteiger partial charge is 0.432 e. The molecule has 0 saturated carbocycles. The number of hydrogen-bond donors (Lipinski definition) is 0. The molecule has 1 rings (SSSR count). The Bertz CT molecular complexity index is 490. The van der Waals surface area contributed by atoms with Crippen LogP contribution in [0.5, 0.6) is 5.75 Å². The maximum atomic E-state index is 11.9. The highest BCUT2D eigenvalue weighted by atomic mass is 16.7. The number of rotatable bonds is 6. The third-order valence-electron chi connectivity index (χ3n) is 3.34. The second kappa shape index (κ2) is 7.22. The first-order valence-corrected chi connectivity index (χ1v) is 6.86. The lowest BCUT2D eigenvalue weighted by Gasteiger charge is -2.20. The molecular weight excluding hydrogens is 272 g/mol. The van der Waals surface area contributed by atoms with Crippen LogP contribution in [-0.2, 0) is 14.3 Å². The fourth-order valence-electron chi connectivity index (χ4n) is 1.32. The summed E-state index contributed by atoms with van der Waals surface area (Å²) >= 11 is 0. The second-order valence-electron chi connectivity index (χ2n) is 5.36. The summed E-state index contributed by atoms with van der Waals surface area (Å²) < 4.78 is 15.2. The van der Waals surface area contributed by atoms with Crippen molar-refractivity contribution in [2.24, 2.45) is 5.41 Å². The third-order valence-corrected chi connectivity index (χ3v) is 3.34. The predicted octanol–water partition coefficient (Wildman–Crippen LogP) is 3.18. The van der Waals surface area contributed by atoms with Gasteiger partial charge in [-0.25, -0.2) is 4.79 Å². The van der Waals surface area contributed by atoms with E-state index in [1.165, 1.54) is 7.11 Å². The number of carbonyl (C=O) groups is 2. The molecule has 21 heavy (non-hydrogen) atoms. The molecule has 0 bridgehead atoms. The Morgan fingerprint density at radius 3 is 2.24 bits per heavy atom. The number of hydrogen-bond acceptors (Lipinski definition) is 5. The summed E-state index contributed by atoms with van der Waals surface area (Å²) in [4.78, 5) is 23.7. The number of methoxy groups -OCH3 is 1. The highest BCUT2D eigenvalue weighted by Crippen LogP contribution is 2.23. The van der Waals surface area contributed by atoms with Crippen LogP contribution < -0.4 is 4.74 Å². The molecule has 0 radical (unpaired) electrons. The minimum Gasteiger partial charge on any atom is -0.432 e. The van der Waals surface area contributed by atoms with Gasteiger partial charge in [0.1, 0.15) is 5.75 Å². The lowest BCUT2D eigenvalue weighted by Crippen LogP contribution is -2.28.